The molecule has 0 saturated heterocycles. The molecule has 0 aromatic carbocycles. The van der Waals surface area contributed by atoms with Crippen molar-refractivity contribution in [3.63, 3.8) is 0 Å². The minimum Gasteiger partial charge on any atom is -0.300 e. The molecule has 0 aliphatic carbocycles. The lowest BCUT2D eigenvalue weighted by molar-refractivity contribution is -0.126. The van der Waals surface area contributed by atoms with Gasteiger partial charge in [-0.2, -0.15) is 0 Å². The summed E-state index contributed by atoms with van der Waals surface area (Å²) >= 11 is 0. The lowest BCUT2D eigenvalue weighted by Gasteiger charge is -2.16. The highest BCUT2D eigenvalue weighted by molar-refractivity contribution is 5.83. The molecule has 0 aliphatic heterocycles. The molecular weight excluding hydrogens is 236 g/mol. The third-order valence-electron chi connectivity index (χ3n) is 3.52. The van der Waals surface area contributed by atoms with E-state index in [0.717, 1.165) is 25.7 Å². The zero-order valence-electron chi connectivity index (χ0n) is 13.4. The summed E-state index contributed by atoms with van der Waals surface area (Å²) in [4.78, 5) is 22.4. The van der Waals surface area contributed by atoms with Gasteiger partial charge in [0.05, 0.1) is 0 Å². The van der Waals surface area contributed by atoms with Crippen LogP contribution in [0.3, 0.4) is 0 Å². The summed E-state index contributed by atoms with van der Waals surface area (Å²) in [6, 6.07) is 0. The van der Waals surface area contributed by atoms with E-state index in [1.165, 1.54) is 38.5 Å². The molecule has 0 amide bonds. The van der Waals surface area contributed by atoms with Crippen molar-refractivity contribution >= 4 is 11.6 Å². The fourth-order valence-electron chi connectivity index (χ4n) is 2.10. The molecule has 19 heavy (non-hydrogen) atoms. The summed E-state index contributed by atoms with van der Waals surface area (Å²) in [5, 5.41) is 0. The van der Waals surface area contributed by atoms with Gasteiger partial charge in [-0.3, -0.25) is 4.79 Å². The SMILES string of the molecule is CC(=O)CCCCCCCCCCC(=O)C(C)(C)C. The minimum atomic E-state index is -0.170. The minimum absolute atomic E-state index is 0.170. The van der Waals surface area contributed by atoms with Gasteiger partial charge in [-0.1, -0.05) is 59.3 Å². The van der Waals surface area contributed by atoms with Gasteiger partial charge in [-0.25, -0.2) is 0 Å². The zero-order valence-corrected chi connectivity index (χ0v) is 13.4. The van der Waals surface area contributed by atoms with Crippen molar-refractivity contribution in [1.29, 1.82) is 0 Å². The first-order valence-corrected chi connectivity index (χ1v) is 7.87. The molecule has 0 unspecified atom stereocenters. The predicted molar refractivity (Wildman–Crippen MR) is 81.3 cm³/mol. The molecule has 0 aromatic rings. The van der Waals surface area contributed by atoms with E-state index in [9.17, 15) is 9.59 Å². The molecule has 0 N–H and O–H groups in total. The smallest absolute Gasteiger partial charge is 0.138 e. The fourth-order valence-corrected chi connectivity index (χ4v) is 2.10. The predicted octanol–water partition coefficient (Wildman–Crippen LogP) is 5.09. The maximum atomic E-state index is 11.7. The molecule has 0 aromatic heterocycles. The molecule has 0 aliphatic rings. The van der Waals surface area contributed by atoms with Gasteiger partial charge in [0.25, 0.3) is 0 Å². The second kappa shape index (κ2) is 10.2. The van der Waals surface area contributed by atoms with E-state index in [1.807, 2.05) is 20.8 Å². The number of unbranched alkanes of at least 4 members (excludes halogenated alkanes) is 7. The molecule has 0 radical (unpaired) electrons. The Hall–Kier alpha value is -0.660. The van der Waals surface area contributed by atoms with Crippen LogP contribution in [0, 0.1) is 5.41 Å². The number of ketones is 2. The van der Waals surface area contributed by atoms with E-state index < -0.39 is 0 Å². The van der Waals surface area contributed by atoms with Gasteiger partial charge >= 0.3 is 0 Å². The number of hydrogen-bond acceptors (Lipinski definition) is 2. The van der Waals surface area contributed by atoms with Crippen LogP contribution in [0.1, 0.15) is 91.9 Å². The van der Waals surface area contributed by atoms with Crippen molar-refractivity contribution in [2.45, 2.75) is 91.9 Å². The van der Waals surface area contributed by atoms with Crippen LogP contribution in [0.5, 0.6) is 0 Å². The third kappa shape index (κ3) is 12.1. The van der Waals surface area contributed by atoms with Crippen LogP contribution in [0.4, 0.5) is 0 Å². The van der Waals surface area contributed by atoms with E-state index in [-0.39, 0.29) is 5.41 Å². The number of carbonyl (C=O) groups is 2. The molecule has 0 saturated carbocycles. The highest BCUT2D eigenvalue weighted by Crippen LogP contribution is 2.19. The molecule has 0 atom stereocenters. The fraction of sp³-hybridized carbons (Fsp3) is 0.882. The molecule has 2 heteroatoms. The first-order chi connectivity index (χ1) is 8.84. The van der Waals surface area contributed by atoms with Gasteiger partial charge in [0.1, 0.15) is 11.6 Å². The Morgan fingerprint density at radius 2 is 1.05 bits per heavy atom. The molecular formula is C17H32O2. The van der Waals surface area contributed by atoms with Crippen molar-refractivity contribution in [1.82, 2.24) is 0 Å². The van der Waals surface area contributed by atoms with Crippen LogP contribution in [-0.4, -0.2) is 11.6 Å². The van der Waals surface area contributed by atoms with Gasteiger partial charge in [-0.15, -0.1) is 0 Å². The number of rotatable bonds is 11. The van der Waals surface area contributed by atoms with Crippen molar-refractivity contribution < 1.29 is 9.59 Å². The van der Waals surface area contributed by atoms with Crippen molar-refractivity contribution in [3.8, 4) is 0 Å². The van der Waals surface area contributed by atoms with Crippen LogP contribution < -0.4 is 0 Å². The maximum absolute atomic E-state index is 11.7. The molecule has 2 nitrogen and oxygen atoms in total. The van der Waals surface area contributed by atoms with Gasteiger partial charge in [0.2, 0.25) is 0 Å². The molecule has 0 heterocycles. The van der Waals surface area contributed by atoms with Crippen LogP contribution in [0.15, 0.2) is 0 Å². The molecule has 0 fully saturated rings. The lowest BCUT2D eigenvalue weighted by Crippen LogP contribution is -2.19. The summed E-state index contributed by atoms with van der Waals surface area (Å²) < 4.78 is 0. The van der Waals surface area contributed by atoms with Crippen molar-refractivity contribution in [2.75, 3.05) is 0 Å². The monoisotopic (exact) mass is 268 g/mol. The Bertz CT molecular complexity index is 261. The summed E-state index contributed by atoms with van der Waals surface area (Å²) in [6.45, 7) is 7.65. The zero-order chi connectivity index (χ0) is 14.7. The van der Waals surface area contributed by atoms with Crippen LogP contribution in [0.2, 0.25) is 0 Å². The van der Waals surface area contributed by atoms with Crippen molar-refractivity contribution in [3.05, 3.63) is 0 Å². The Morgan fingerprint density at radius 3 is 1.42 bits per heavy atom. The molecule has 0 spiro atoms. The van der Waals surface area contributed by atoms with E-state index >= 15 is 0 Å². The normalized spacial score (nSPS) is 11.6. The number of hydrogen-bond donors (Lipinski definition) is 0. The largest absolute Gasteiger partial charge is 0.300 e. The second-order valence-electron chi connectivity index (χ2n) is 6.70. The van der Waals surface area contributed by atoms with Gasteiger partial charge < -0.3 is 4.79 Å². The molecule has 112 valence electrons. The second-order valence-corrected chi connectivity index (χ2v) is 6.70. The first-order valence-electron chi connectivity index (χ1n) is 7.87. The maximum Gasteiger partial charge on any atom is 0.138 e. The van der Waals surface area contributed by atoms with Gasteiger partial charge in [0, 0.05) is 18.3 Å². The van der Waals surface area contributed by atoms with Crippen LogP contribution in [0.25, 0.3) is 0 Å². The van der Waals surface area contributed by atoms with E-state index in [0.29, 0.717) is 11.6 Å². The quantitative estimate of drug-likeness (QED) is 0.489. The van der Waals surface area contributed by atoms with Crippen molar-refractivity contribution in [2.24, 2.45) is 5.41 Å². The van der Waals surface area contributed by atoms with Crippen LogP contribution in [-0.2, 0) is 9.59 Å². The Kier molecular flexibility index (Phi) is 9.81. The summed E-state index contributed by atoms with van der Waals surface area (Å²) in [6.07, 6.45) is 11.0. The molecule has 0 rings (SSSR count). The van der Waals surface area contributed by atoms with E-state index in [2.05, 4.69) is 0 Å². The average Bonchev–Trinajstić information content (AvgIpc) is 2.29. The van der Waals surface area contributed by atoms with E-state index in [4.69, 9.17) is 0 Å². The highest BCUT2D eigenvalue weighted by atomic mass is 16.1. The Labute approximate surface area is 119 Å². The Morgan fingerprint density at radius 1 is 0.684 bits per heavy atom. The summed E-state index contributed by atoms with van der Waals surface area (Å²) in [5.74, 6) is 0.695. The van der Waals surface area contributed by atoms with Gasteiger partial charge in [-0.05, 0) is 19.8 Å². The van der Waals surface area contributed by atoms with Gasteiger partial charge in [0.15, 0.2) is 0 Å². The third-order valence-corrected chi connectivity index (χ3v) is 3.52. The number of Topliss-reactive ketones (excluding diaryl/α,β-unsaturated/α-hetero) is 2. The molecule has 0 bridgehead atoms. The topological polar surface area (TPSA) is 34.1 Å². The summed E-state index contributed by atoms with van der Waals surface area (Å²) in [7, 11) is 0. The number of carbonyl (C=O) groups excluding carboxylic acids is 2. The standard InChI is InChI=1S/C17H32O2/c1-15(18)13-11-9-7-5-6-8-10-12-14-16(19)17(2,3)4/h5-14H2,1-4H3. The lowest BCUT2D eigenvalue weighted by atomic mass is 9.88. The summed E-state index contributed by atoms with van der Waals surface area (Å²) in [5.41, 5.74) is -0.170. The van der Waals surface area contributed by atoms with E-state index in [1.54, 1.807) is 6.92 Å². The Balaban J connectivity index is 3.24. The van der Waals surface area contributed by atoms with Crippen LogP contribution >= 0.6 is 0 Å². The highest BCUT2D eigenvalue weighted by Gasteiger charge is 2.19. The first kappa shape index (κ1) is 18.3. The average molecular weight is 268 g/mol.